The Balaban J connectivity index is 2.14. The zero-order valence-electron chi connectivity index (χ0n) is 12.0. The van der Waals surface area contributed by atoms with Crippen LogP contribution >= 0.6 is 0 Å². The Morgan fingerprint density at radius 1 is 1.11 bits per heavy atom. The number of likely N-dealkylation sites (N-methyl/N-ethyl adjacent to an activating group) is 1. The first-order valence-corrected chi connectivity index (χ1v) is 7.22. The Hall–Kier alpha value is -1.35. The lowest BCUT2D eigenvalue weighted by Crippen LogP contribution is -2.28. The summed E-state index contributed by atoms with van der Waals surface area (Å²) >= 11 is 0. The van der Waals surface area contributed by atoms with E-state index in [0.717, 1.165) is 45.2 Å². The van der Waals surface area contributed by atoms with Crippen LogP contribution in [0.25, 0.3) is 0 Å². The molecule has 0 bridgehead atoms. The van der Waals surface area contributed by atoms with Gasteiger partial charge in [-0.1, -0.05) is 43.2 Å². The van der Waals surface area contributed by atoms with Crippen molar-refractivity contribution in [2.24, 2.45) is 5.73 Å². The first-order chi connectivity index (χ1) is 9.24. The number of nitrogens with zero attached hydrogens (tertiary/aromatic N) is 1. The summed E-state index contributed by atoms with van der Waals surface area (Å²) in [5.74, 6) is 0.253. The fourth-order valence-electron chi connectivity index (χ4n) is 2.03. The molecule has 0 fully saturated rings. The number of nitrogens with two attached hydrogens (primary N) is 1. The summed E-state index contributed by atoms with van der Waals surface area (Å²) in [6.45, 7) is 1.55. The van der Waals surface area contributed by atoms with Crippen LogP contribution in [0.4, 0.5) is 0 Å². The second-order valence-electron chi connectivity index (χ2n) is 5.00. The van der Waals surface area contributed by atoms with Gasteiger partial charge in [0.25, 0.3) is 0 Å². The van der Waals surface area contributed by atoms with Crippen LogP contribution < -0.4 is 5.73 Å². The second kappa shape index (κ2) is 9.56. The lowest BCUT2D eigenvalue weighted by atomic mass is 10.1. The van der Waals surface area contributed by atoms with E-state index in [4.69, 9.17) is 5.73 Å². The van der Waals surface area contributed by atoms with Gasteiger partial charge in [-0.3, -0.25) is 4.79 Å². The molecule has 0 aromatic heterocycles. The average molecular weight is 262 g/mol. The predicted octanol–water partition coefficient (Wildman–Crippen LogP) is 2.60. The molecule has 1 amide bonds. The van der Waals surface area contributed by atoms with Crippen molar-refractivity contribution in [3.8, 4) is 0 Å². The second-order valence-corrected chi connectivity index (χ2v) is 5.00. The maximum absolute atomic E-state index is 11.9. The molecule has 1 rings (SSSR count). The van der Waals surface area contributed by atoms with E-state index in [-0.39, 0.29) is 5.91 Å². The van der Waals surface area contributed by atoms with Crippen LogP contribution in [0.2, 0.25) is 0 Å². The Labute approximate surface area is 116 Å². The summed E-state index contributed by atoms with van der Waals surface area (Å²) in [7, 11) is 1.89. The maximum Gasteiger partial charge on any atom is 0.222 e. The van der Waals surface area contributed by atoms with Crippen molar-refractivity contribution in [3.05, 3.63) is 35.9 Å². The smallest absolute Gasteiger partial charge is 0.222 e. The molecule has 106 valence electrons. The van der Waals surface area contributed by atoms with Gasteiger partial charge in [0.1, 0.15) is 0 Å². The normalized spacial score (nSPS) is 10.4. The molecule has 0 aliphatic carbocycles. The molecule has 1 aromatic carbocycles. The van der Waals surface area contributed by atoms with Gasteiger partial charge < -0.3 is 10.6 Å². The van der Waals surface area contributed by atoms with Gasteiger partial charge in [0, 0.05) is 20.0 Å². The number of rotatable bonds is 9. The summed E-state index contributed by atoms with van der Waals surface area (Å²) in [5, 5.41) is 0. The van der Waals surface area contributed by atoms with E-state index < -0.39 is 0 Å². The highest BCUT2D eigenvalue weighted by molar-refractivity contribution is 5.75. The van der Waals surface area contributed by atoms with Crippen LogP contribution in [0.5, 0.6) is 0 Å². The fraction of sp³-hybridized carbons (Fsp3) is 0.562. The molecule has 0 atom stereocenters. The van der Waals surface area contributed by atoms with E-state index in [1.165, 1.54) is 5.56 Å². The minimum atomic E-state index is 0.253. The molecule has 2 N–H and O–H groups in total. The number of amides is 1. The number of unbranched alkanes of at least 4 members (excludes halogenated alkanes) is 3. The van der Waals surface area contributed by atoms with Crippen molar-refractivity contribution >= 4 is 5.91 Å². The molecular formula is C16H26N2O. The van der Waals surface area contributed by atoms with Crippen LogP contribution in [0.3, 0.4) is 0 Å². The third-order valence-corrected chi connectivity index (χ3v) is 3.35. The highest BCUT2D eigenvalue weighted by Gasteiger charge is 2.07. The summed E-state index contributed by atoms with van der Waals surface area (Å²) in [5.41, 5.74) is 6.72. The average Bonchev–Trinajstić information content (AvgIpc) is 2.45. The van der Waals surface area contributed by atoms with Crippen molar-refractivity contribution in [1.29, 1.82) is 0 Å². The van der Waals surface area contributed by atoms with E-state index in [2.05, 4.69) is 12.1 Å². The van der Waals surface area contributed by atoms with Gasteiger partial charge in [0.15, 0.2) is 0 Å². The highest BCUT2D eigenvalue weighted by atomic mass is 16.2. The van der Waals surface area contributed by atoms with E-state index in [9.17, 15) is 4.79 Å². The molecule has 0 aliphatic rings. The van der Waals surface area contributed by atoms with Gasteiger partial charge in [0.05, 0.1) is 0 Å². The first-order valence-electron chi connectivity index (χ1n) is 7.22. The Bertz CT molecular complexity index is 351. The minimum absolute atomic E-state index is 0.253. The molecular weight excluding hydrogens is 236 g/mol. The number of benzene rings is 1. The van der Waals surface area contributed by atoms with Crippen LogP contribution in [-0.4, -0.2) is 30.9 Å². The Morgan fingerprint density at radius 2 is 1.79 bits per heavy atom. The number of carbonyl (C=O) groups excluding carboxylic acids is 1. The molecule has 0 radical (unpaired) electrons. The number of hydrogen-bond donors (Lipinski definition) is 1. The molecule has 0 spiro atoms. The summed E-state index contributed by atoms with van der Waals surface area (Å²) in [6, 6.07) is 10.3. The first kappa shape index (κ1) is 15.7. The molecule has 0 aliphatic heterocycles. The van der Waals surface area contributed by atoms with Crippen LogP contribution in [0, 0.1) is 0 Å². The van der Waals surface area contributed by atoms with Gasteiger partial charge in [-0.25, -0.2) is 0 Å². The quantitative estimate of drug-likeness (QED) is 0.695. The number of carbonyl (C=O) groups is 1. The molecule has 1 aromatic rings. The monoisotopic (exact) mass is 262 g/mol. The highest BCUT2D eigenvalue weighted by Crippen LogP contribution is 2.06. The molecule has 0 saturated heterocycles. The molecule has 3 nitrogen and oxygen atoms in total. The van der Waals surface area contributed by atoms with E-state index in [1.807, 2.05) is 30.1 Å². The largest absolute Gasteiger partial charge is 0.345 e. The van der Waals surface area contributed by atoms with Gasteiger partial charge in [-0.2, -0.15) is 0 Å². The lowest BCUT2D eigenvalue weighted by Gasteiger charge is -2.17. The SMILES string of the molecule is CN(CCc1ccccc1)C(=O)CCCCCCN. The van der Waals surface area contributed by atoms with Crippen LogP contribution in [0.1, 0.15) is 37.7 Å². The third-order valence-electron chi connectivity index (χ3n) is 3.35. The van der Waals surface area contributed by atoms with Crippen molar-refractivity contribution in [3.63, 3.8) is 0 Å². The fourth-order valence-corrected chi connectivity index (χ4v) is 2.03. The van der Waals surface area contributed by atoms with Crippen LogP contribution in [-0.2, 0) is 11.2 Å². The van der Waals surface area contributed by atoms with E-state index in [1.54, 1.807) is 0 Å². The number of hydrogen-bond acceptors (Lipinski definition) is 2. The lowest BCUT2D eigenvalue weighted by molar-refractivity contribution is -0.130. The minimum Gasteiger partial charge on any atom is -0.345 e. The molecule has 0 unspecified atom stereocenters. The molecule has 0 saturated carbocycles. The topological polar surface area (TPSA) is 46.3 Å². The molecule has 0 heterocycles. The maximum atomic E-state index is 11.9. The van der Waals surface area contributed by atoms with Gasteiger partial charge >= 0.3 is 0 Å². The van der Waals surface area contributed by atoms with E-state index >= 15 is 0 Å². The molecule has 19 heavy (non-hydrogen) atoms. The standard InChI is InChI=1S/C16H26N2O/c1-18(14-12-15-9-5-4-6-10-15)16(19)11-7-2-3-8-13-17/h4-6,9-10H,2-3,7-8,11-14,17H2,1H3. The zero-order chi connectivity index (χ0) is 13.9. The van der Waals surface area contributed by atoms with Gasteiger partial charge in [0.2, 0.25) is 5.91 Å². The van der Waals surface area contributed by atoms with Gasteiger partial charge in [-0.15, -0.1) is 0 Å². The van der Waals surface area contributed by atoms with Gasteiger partial charge in [-0.05, 0) is 31.4 Å². The van der Waals surface area contributed by atoms with Crippen LogP contribution in [0.15, 0.2) is 30.3 Å². The van der Waals surface area contributed by atoms with Crippen molar-refractivity contribution in [2.45, 2.75) is 38.5 Å². The summed E-state index contributed by atoms with van der Waals surface area (Å²) in [6.07, 6.45) is 5.88. The van der Waals surface area contributed by atoms with Crippen molar-refractivity contribution in [2.75, 3.05) is 20.1 Å². The third kappa shape index (κ3) is 6.97. The Kier molecular flexibility index (Phi) is 7.91. The summed E-state index contributed by atoms with van der Waals surface area (Å²) < 4.78 is 0. The predicted molar refractivity (Wildman–Crippen MR) is 79.9 cm³/mol. The van der Waals surface area contributed by atoms with E-state index in [0.29, 0.717) is 6.42 Å². The zero-order valence-corrected chi connectivity index (χ0v) is 12.0. The Morgan fingerprint density at radius 3 is 2.47 bits per heavy atom. The van der Waals surface area contributed by atoms with Crippen molar-refractivity contribution < 1.29 is 4.79 Å². The summed E-state index contributed by atoms with van der Waals surface area (Å²) in [4.78, 5) is 13.7. The van der Waals surface area contributed by atoms with Crippen molar-refractivity contribution in [1.82, 2.24) is 4.90 Å². The molecule has 3 heteroatoms.